The van der Waals surface area contributed by atoms with Crippen LogP contribution in [0, 0.1) is 0 Å². The summed E-state index contributed by atoms with van der Waals surface area (Å²) in [5, 5.41) is 3.08. The van der Waals surface area contributed by atoms with Gasteiger partial charge in [0.15, 0.2) is 0 Å². The number of hydrogen-bond donors (Lipinski definition) is 1. The second-order valence-electron chi connectivity index (χ2n) is 4.28. The van der Waals surface area contributed by atoms with Crippen molar-refractivity contribution >= 4 is 21.6 Å². The summed E-state index contributed by atoms with van der Waals surface area (Å²) in [5.41, 5.74) is -0.191. The van der Waals surface area contributed by atoms with Gasteiger partial charge in [-0.15, -0.1) is 0 Å². The predicted molar refractivity (Wildman–Crippen MR) is 66.6 cm³/mol. The summed E-state index contributed by atoms with van der Waals surface area (Å²) in [6.45, 7) is 1.26. The molecule has 1 unspecified atom stereocenters. The molecule has 0 amide bonds. The summed E-state index contributed by atoms with van der Waals surface area (Å²) in [4.78, 5) is 0. The van der Waals surface area contributed by atoms with E-state index in [0.29, 0.717) is 16.8 Å². The van der Waals surface area contributed by atoms with Gasteiger partial charge >= 0.3 is 6.18 Å². The summed E-state index contributed by atoms with van der Waals surface area (Å²) in [5.74, 6) is 0. The topological polar surface area (TPSA) is 21.3 Å². The van der Waals surface area contributed by atoms with Crippen LogP contribution in [0.2, 0.25) is 0 Å². The first-order chi connectivity index (χ1) is 8.45. The first kappa shape index (κ1) is 13.7. The Bertz CT molecular complexity index is 416. The molecule has 18 heavy (non-hydrogen) atoms. The maximum atomic E-state index is 12.7. The van der Waals surface area contributed by atoms with Crippen LogP contribution in [0.1, 0.15) is 18.4 Å². The Morgan fingerprint density at radius 2 is 2.06 bits per heavy atom. The lowest BCUT2D eigenvalue weighted by Gasteiger charge is -2.24. The molecular weight excluding hydrogens is 311 g/mol. The number of ether oxygens (including phenoxy) is 1. The van der Waals surface area contributed by atoms with E-state index in [9.17, 15) is 13.2 Å². The van der Waals surface area contributed by atoms with Crippen LogP contribution in [0.3, 0.4) is 0 Å². The largest absolute Gasteiger partial charge is 0.416 e. The molecule has 6 heteroatoms. The molecule has 1 N–H and O–H groups in total. The van der Waals surface area contributed by atoms with Crippen molar-refractivity contribution in [2.75, 3.05) is 18.5 Å². The van der Waals surface area contributed by atoms with Crippen molar-refractivity contribution in [3.8, 4) is 0 Å². The molecule has 100 valence electrons. The van der Waals surface area contributed by atoms with Crippen molar-refractivity contribution in [2.24, 2.45) is 0 Å². The van der Waals surface area contributed by atoms with Gasteiger partial charge in [0, 0.05) is 22.8 Å². The van der Waals surface area contributed by atoms with Gasteiger partial charge in [-0.25, -0.2) is 0 Å². The van der Waals surface area contributed by atoms with Crippen LogP contribution >= 0.6 is 15.9 Å². The molecule has 2 nitrogen and oxygen atoms in total. The zero-order valence-corrected chi connectivity index (χ0v) is 11.1. The monoisotopic (exact) mass is 323 g/mol. The number of anilines is 1. The number of hydrogen-bond acceptors (Lipinski definition) is 2. The number of alkyl halides is 3. The molecule has 1 aromatic carbocycles. The molecule has 1 saturated heterocycles. The van der Waals surface area contributed by atoms with E-state index in [4.69, 9.17) is 4.74 Å². The Balaban J connectivity index is 2.14. The third-order valence-electron chi connectivity index (χ3n) is 2.76. The molecule has 0 radical (unpaired) electrons. The highest BCUT2D eigenvalue weighted by atomic mass is 79.9. The Morgan fingerprint density at radius 3 is 2.67 bits per heavy atom. The Labute approximate surface area is 112 Å². The van der Waals surface area contributed by atoms with Crippen molar-refractivity contribution in [2.45, 2.75) is 25.1 Å². The van der Waals surface area contributed by atoms with Crippen LogP contribution in [0.4, 0.5) is 18.9 Å². The molecule has 1 atom stereocenters. The average molecular weight is 324 g/mol. The first-order valence-electron chi connectivity index (χ1n) is 5.67. The lowest BCUT2D eigenvalue weighted by atomic mass is 10.1. The van der Waals surface area contributed by atoms with Crippen molar-refractivity contribution in [3.63, 3.8) is 0 Å². The van der Waals surface area contributed by atoms with E-state index in [2.05, 4.69) is 21.2 Å². The summed E-state index contributed by atoms with van der Waals surface area (Å²) < 4.78 is 43.7. The van der Waals surface area contributed by atoms with E-state index in [1.165, 1.54) is 0 Å². The SMILES string of the molecule is FC(F)(F)c1cc(Br)cc(NC2CCCOC2)c1. The van der Waals surface area contributed by atoms with Gasteiger partial charge in [0.05, 0.1) is 12.2 Å². The normalized spacial score (nSPS) is 20.8. The molecule has 0 bridgehead atoms. The summed E-state index contributed by atoms with van der Waals surface area (Å²) in [6, 6.07) is 3.92. The maximum absolute atomic E-state index is 12.7. The third-order valence-corrected chi connectivity index (χ3v) is 3.21. The Morgan fingerprint density at radius 1 is 1.28 bits per heavy atom. The minimum absolute atomic E-state index is 0.0779. The molecule has 1 heterocycles. The van der Waals surface area contributed by atoms with Gasteiger partial charge in [0.1, 0.15) is 0 Å². The van der Waals surface area contributed by atoms with E-state index in [1.807, 2.05) is 0 Å². The quantitative estimate of drug-likeness (QED) is 0.886. The van der Waals surface area contributed by atoms with Crippen molar-refractivity contribution in [1.29, 1.82) is 0 Å². The number of benzene rings is 1. The zero-order valence-electron chi connectivity index (χ0n) is 9.56. The predicted octanol–water partition coefficient (Wildman–Crippen LogP) is 4.06. The van der Waals surface area contributed by atoms with Gasteiger partial charge in [0.2, 0.25) is 0 Å². The Kier molecular flexibility index (Phi) is 4.17. The lowest BCUT2D eigenvalue weighted by Crippen LogP contribution is -2.30. The van der Waals surface area contributed by atoms with Crippen molar-refractivity contribution in [3.05, 3.63) is 28.2 Å². The fourth-order valence-corrected chi connectivity index (χ4v) is 2.42. The fraction of sp³-hybridized carbons (Fsp3) is 0.500. The molecule has 2 rings (SSSR count). The minimum atomic E-state index is -4.33. The number of halogens is 4. The fourth-order valence-electron chi connectivity index (χ4n) is 1.93. The van der Waals surface area contributed by atoms with E-state index >= 15 is 0 Å². The highest BCUT2D eigenvalue weighted by Gasteiger charge is 2.31. The van der Waals surface area contributed by atoms with Gasteiger partial charge in [-0.05, 0) is 31.0 Å². The summed E-state index contributed by atoms with van der Waals surface area (Å²) in [6.07, 6.45) is -2.49. The lowest BCUT2D eigenvalue weighted by molar-refractivity contribution is -0.137. The molecule has 0 spiro atoms. The second kappa shape index (κ2) is 5.48. The Hall–Kier alpha value is -0.750. The minimum Gasteiger partial charge on any atom is -0.380 e. The molecule has 1 aliphatic rings. The number of rotatable bonds is 2. The smallest absolute Gasteiger partial charge is 0.380 e. The highest BCUT2D eigenvalue weighted by Crippen LogP contribution is 2.33. The maximum Gasteiger partial charge on any atom is 0.416 e. The van der Waals surface area contributed by atoms with E-state index in [0.717, 1.165) is 31.6 Å². The van der Waals surface area contributed by atoms with Gasteiger partial charge in [0.25, 0.3) is 0 Å². The van der Waals surface area contributed by atoms with E-state index in [-0.39, 0.29) is 6.04 Å². The summed E-state index contributed by atoms with van der Waals surface area (Å²) >= 11 is 3.10. The van der Waals surface area contributed by atoms with Crippen molar-refractivity contribution < 1.29 is 17.9 Å². The van der Waals surface area contributed by atoms with E-state index in [1.54, 1.807) is 6.07 Å². The molecule has 1 fully saturated rings. The summed E-state index contributed by atoms with van der Waals surface area (Å²) in [7, 11) is 0. The molecule has 0 aromatic heterocycles. The molecular formula is C12H13BrF3NO. The zero-order chi connectivity index (χ0) is 13.2. The molecule has 1 aromatic rings. The van der Waals surface area contributed by atoms with Gasteiger partial charge < -0.3 is 10.1 Å². The van der Waals surface area contributed by atoms with E-state index < -0.39 is 11.7 Å². The van der Waals surface area contributed by atoms with Crippen LogP contribution in [0.5, 0.6) is 0 Å². The standard InChI is InChI=1S/C12H13BrF3NO/c13-9-4-8(12(14,15)16)5-11(6-9)17-10-2-1-3-18-7-10/h4-6,10,17H,1-3,7H2. The van der Waals surface area contributed by atoms with Crippen LogP contribution in [-0.2, 0) is 10.9 Å². The van der Waals surface area contributed by atoms with Gasteiger partial charge in [-0.2, -0.15) is 13.2 Å². The van der Waals surface area contributed by atoms with Gasteiger partial charge in [-0.3, -0.25) is 0 Å². The third kappa shape index (κ3) is 3.62. The average Bonchev–Trinajstić information content (AvgIpc) is 2.28. The number of nitrogens with one attached hydrogen (secondary N) is 1. The van der Waals surface area contributed by atoms with Crippen LogP contribution in [0.25, 0.3) is 0 Å². The molecule has 1 aliphatic heterocycles. The highest BCUT2D eigenvalue weighted by molar-refractivity contribution is 9.10. The van der Waals surface area contributed by atoms with Gasteiger partial charge in [-0.1, -0.05) is 15.9 Å². The molecule has 0 saturated carbocycles. The second-order valence-corrected chi connectivity index (χ2v) is 5.20. The van der Waals surface area contributed by atoms with Crippen LogP contribution < -0.4 is 5.32 Å². The molecule has 0 aliphatic carbocycles. The first-order valence-corrected chi connectivity index (χ1v) is 6.46. The van der Waals surface area contributed by atoms with Crippen LogP contribution in [0.15, 0.2) is 22.7 Å². The van der Waals surface area contributed by atoms with Crippen LogP contribution in [-0.4, -0.2) is 19.3 Å². The van der Waals surface area contributed by atoms with Crippen molar-refractivity contribution in [1.82, 2.24) is 0 Å².